The van der Waals surface area contributed by atoms with Crippen molar-refractivity contribution in [2.24, 2.45) is 0 Å². The minimum Gasteiger partial charge on any atom is -0.338 e. The fourth-order valence-corrected chi connectivity index (χ4v) is 2.85. The molecule has 3 rings (SSSR count). The number of benzene rings is 2. The van der Waals surface area contributed by atoms with Crippen molar-refractivity contribution in [2.75, 3.05) is 11.9 Å². The first-order valence-electron chi connectivity index (χ1n) is 9.33. The number of carbonyl (C=O) groups is 1. The Kier molecular flexibility index (Phi) is 6.48. The average Bonchev–Trinajstić information content (AvgIpc) is 3.02. The number of aromatic nitrogens is 2. The largest absolute Gasteiger partial charge is 0.338 e. The van der Waals surface area contributed by atoms with Gasteiger partial charge < -0.3 is 10.6 Å². The Morgan fingerprint density at radius 2 is 1.75 bits per heavy atom. The molecule has 2 N–H and O–H groups in total. The lowest BCUT2D eigenvalue weighted by Gasteiger charge is -2.08. The van der Waals surface area contributed by atoms with Gasteiger partial charge in [-0.25, -0.2) is 4.79 Å². The maximum atomic E-state index is 12.1. The summed E-state index contributed by atoms with van der Waals surface area (Å²) in [7, 11) is 0. The van der Waals surface area contributed by atoms with Gasteiger partial charge in [-0.05, 0) is 56.7 Å². The zero-order valence-corrected chi connectivity index (χ0v) is 16.2. The molecular formula is C23H24N4O. The van der Waals surface area contributed by atoms with Crippen LogP contribution in [0.5, 0.6) is 0 Å². The summed E-state index contributed by atoms with van der Waals surface area (Å²) in [5.74, 6) is 6.24. The maximum absolute atomic E-state index is 12.1. The van der Waals surface area contributed by atoms with Crippen molar-refractivity contribution in [3.63, 3.8) is 0 Å². The summed E-state index contributed by atoms with van der Waals surface area (Å²) in [6.45, 7) is 5.38. The lowest BCUT2D eigenvalue weighted by Crippen LogP contribution is -2.30. The number of rotatable bonds is 5. The second-order valence-electron chi connectivity index (χ2n) is 6.58. The minimum absolute atomic E-state index is 0.221. The first kappa shape index (κ1) is 19.2. The summed E-state index contributed by atoms with van der Waals surface area (Å²) in [6, 6.07) is 19.2. The van der Waals surface area contributed by atoms with Crippen LogP contribution in [0, 0.1) is 25.7 Å². The topological polar surface area (TPSA) is 59.0 Å². The van der Waals surface area contributed by atoms with E-state index in [4.69, 9.17) is 0 Å². The van der Waals surface area contributed by atoms with E-state index in [-0.39, 0.29) is 6.03 Å². The molecule has 28 heavy (non-hydrogen) atoms. The van der Waals surface area contributed by atoms with E-state index in [1.165, 1.54) is 0 Å². The highest BCUT2D eigenvalue weighted by molar-refractivity contribution is 5.89. The van der Waals surface area contributed by atoms with E-state index in [0.29, 0.717) is 6.54 Å². The highest BCUT2D eigenvalue weighted by Crippen LogP contribution is 2.10. The normalized spacial score (nSPS) is 10.1. The van der Waals surface area contributed by atoms with Crippen molar-refractivity contribution in [2.45, 2.75) is 26.8 Å². The van der Waals surface area contributed by atoms with Crippen molar-refractivity contribution >= 4 is 11.7 Å². The van der Waals surface area contributed by atoms with Gasteiger partial charge in [-0.1, -0.05) is 36.1 Å². The van der Waals surface area contributed by atoms with Gasteiger partial charge in [-0.2, -0.15) is 5.10 Å². The van der Waals surface area contributed by atoms with Gasteiger partial charge in [0.25, 0.3) is 0 Å². The SMILES string of the molecule is Cc1cc(C)n(CCCNC(=O)Nc2cccc(C#Cc3ccccc3)c2)n1. The molecule has 2 aromatic carbocycles. The average molecular weight is 372 g/mol. The molecule has 3 aromatic rings. The van der Waals surface area contributed by atoms with E-state index in [9.17, 15) is 4.79 Å². The molecule has 0 unspecified atom stereocenters. The van der Waals surface area contributed by atoms with Crippen LogP contribution in [0.25, 0.3) is 0 Å². The fraction of sp³-hybridized carbons (Fsp3) is 0.217. The zero-order chi connectivity index (χ0) is 19.8. The molecule has 2 amide bonds. The molecule has 0 aliphatic carbocycles. The van der Waals surface area contributed by atoms with Crippen LogP contribution in [-0.2, 0) is 6.54 Å². The highest BCUT2D eigenvalue weighted by atomic mass is 16.2. The van der Waals surface area contributed by atoms with E-state index >= 15 is 0 Å². The number of nitrogens with zero attached hydrogens (tertiary/aromatic N) is 2. The molecule has 1 aromatic heterocycles. The third-order valence-electron chi connectivity index (χ3n) is 4.18. The lowest BCUT2D eigenvalue weighted by atomic mass is 10.1. The molecule has 5 nitrogen and oxygen atoms in total. The van der Waals surface area contributed by atoms with Gasteiger partial charge >= 0.3 is 6.03 Å². The van der Waals surface area contributed by atoms with Crippen LogP contribution in [0.4, 0.5) is 10.5 Å². The molecule has 0 atom stereocenters. The Bertz CT molecular complexity index is 996. The monoisotopic (exact) mass is 372 g/mol. The van der Waals surface area contributed by atoms with E-state index < -0.39 is 0 Å². The van der Waals surface area contributed by atoms with Crippen LogP contribution in [0.15, 0.2) is 60.7 Å². The second kappa shape index (κ2) is 9.43. The van der Waals surface area contributed by atoms with Gasteiger partial charge in [0.1, 0.15) is 0 Å². The summed E-state index contributed by atoms with van der Waals surface area (Å²) >= 11 is 0. The van der Waals surface area contributed by atoms with Crippen LogP contribution in [0.1, 0.15) is 28.9 Å². The Morgan fingerprint density at radius 1 is 1.00 bits per heavy atom. The predicted octanol–water partition coefficient (Wildman–Crippen LogP) is 4.11. The van der Waals surface area contributed by atoms with Gasteiger partial charge in [-0.3, -0.25) is 4.68 Å². The third-order valence-corrected chi connectivity index (χ3v) is 4.18. The van der Waals surface area contributed by atoms with Crippen molar-refractivity contribution in [1.29, 1.82) is 0 Å². The van der Waals surface area contributed by atoms with Crippen LogP contribution >= 0.6 is 0 Å². The quantitative estimate of drug-likeness (QED) is 0.523. The van der Waals surface area contributed by atoms with Gasteiger partial charge in [-0.15, -0.1) is 0 Å². The van der Waals surface area contributed by atoms with Crippen molar-refractivity contribution in [3.8, 4) is 11.8 Å². The minimum atomic E-state index is -0.221. The maximum Gasteiger partial charge on any atom is 0.319 e. The standard InChI is InChI=1S/C23H24N4O/c1-18-16-19(2)27(26-18)15-7-14-24-23(28)25-22-11-6-10-21(17-22)13-12-20-8-4-3-5-9-20/h3-6,8-11,16-17H,7,14-15H2,1-2H3,(H2,24,25,28). The predicted molar refractivity (Wildman–Crippen MR) is 112 cm³/mol. The molecule has 0 bridgehead atoms. The van der Waals surface area contributed by atoms with Crippen LogP contribution in [0.3, 0.4) is 0 Å². The number of nitrogens with one attached hydrogen (secondary N) is 2. The number of hydrogen-bond donors (Lipinski definition) is 2. The second-order valence-corrected chi connectivity index (χ2v) is 6.58. The number of urea groups is 1. The number of hydrogen-bond acceptors (Lipinski definition) is 2. The molecule has 0 fully saturated rings. The number of anilines is 1. The van der Waals surface area contributed by atoms with E-state index in [0.717, 1.165) is 41.2 Å². The molecular weight excluding hydrogens is 348 g/mol. The molecule has 0 aliphatic heterocycles. The summed E-state index contributed by atoms with van der Waals surface area (Å²) < 4.78 is 1.96. The van der Waals surface area contributed by atoms with Gasteiger partial charge in [0, 0.05) is 35.6 Å². The lowest BCUT2D eigenvalue weighted by molar-refractivity contribution is 0.251. The Hall–Kier alpha value is -3.52. The van der Waals surface area contributed by atoms with Crippen LogP contribution in [-0.4, -0.2) is 22.4 Å². The number of aryl methyl sites for hydroxylation is 3. The summed E-state index contributed by atoms with van der Waals surface area (Å²) in [4.78, 5) is 12.1. The van der Waals surface area contributed by atoms with Gasteiger partial charge in [0.05, 0.1) is 5.69 Å². The molecule has 0 saturated carbocycles. The van der Waals surface area contributed by atoms with Crippen molar-refractivity contribution in [1.82, 2.24) is 15.1 Å². The molecule has 0 saturated heterocycles. The van der Waals surface area contributed by atoms with Crippen LogP contribution < -0.4 is 10.6 Å². The molecule has 5 heteroatoms. The Morgan fingerprint density at radius 3 is 2.50 bits per heavy atom. The van der Waals surface area contributed by atoms with Crippen molar-refractivity contribution < 1.29 is 4.79 Å². The van der Waals surface area contributed by atoms with E-state index in [1.54, 1.807) is 0 Å². The van der Waals surface area contributed by atoms with Gasteiger partial charge in [0.15, 0.2) is 0 Å². The first-order valence-corrected chi connectivity index (χ1v) is 9.33. The summed E-state index contributed by atoms with van der Waals surface area (Å²) in [5.41, 5.74) is 4.68. The molecule has 0 spiro atoms. The van der Waals surface area contributed by atoms with E-state index in [2.05, 4.69) is 27.6 Å². The number of carbonyl (C=O) groups excluding carboxylic acids is 1. The van der Waals surface area contributed by atoms with Gasteiger partial charge in [0.2, 0.25) is 0 Å². The third kappa shape index (κ3) is 5.75. The fourth-order valence-electron chi connectivity index (χ4n) is 2.85. The molecule has 0 radical (unpaired) electrons. The van der Waals surface area contributed by atoms with E-state index in [1.807, 2.05) is 79.2 Å². The molecule has 142 valence electrons. The number of amides is 2. The van der Waals surface area contributed by atoms with Crippen LogP contribution in [0.2, 0.25) is 0 Å². The van der Waals surface area contributed by atoms with Crippen molar-refractivity contribution in [3.05, 3.63) is 83.2 Å². The smallest absolute Gasteiger partial charge is 0.319 e. The molecule has 1 heterocycles. The summed E-state index contributed by atoms with van der Waals surface area (Å²) in [6.07, 6.45) is 0.817. The highest BCUT2D eigenvalue weighted by Gasteiger charge is 2.03. The zero-order valence-electron chi connectivity index (χ0n) is 16.2. The Labute approximate surface area is 165 Å². The molecule has 0 aliphatic rings. The first-order chi connectivity index (χ1) is 13.6. The Balaban J connectivity index is 1.47. The summed E-state index contributed by atoms with van der Waals surface area (Å²) in [5, 5.41) is 10.2.